The van der Waals surface area contributed by atoms with Crippen LogP contribution in [-0.4, -0.2) is 47.8 Å². The molecule has 138 valence electrons. The molecule has 1 heterocycles. The Morgan fingerprint density at radius 1 is 1.28 bits per heavy atom. The number of nitrogens with zero attached hydrogens (tertiary/aromatic N) is 1. The Balaban J connectivity index is 1.95. The molecule has 2 atom stereocenters. The molecule has 0 bridgehead atoms. The SMILES string of the molecule is CCC1COC(C(=O)NCc2ccccc2)CN1C(=O)OC(C)(C)C. The lowest BCUT2D eigenvalue weighted by Gasteiger charge is -2.39. The lowest BCUT2D eigenvalue weighted by Crippen LogP contribution is -2.56. The van der Waals surface area contributed by atoms with Gasteiger partial charge in [0.2, 0.25) is 0 Å². The highest BCUT2D eigenvalue weighted by Gasteiger charge is 2.36. The second-order valence-corrected chi connectivity index (χ2v) is 7.22. The first-order chi connectivity index (χ1) is 11.8. The van der Waals surface area contributed by atoms with Gasteiger partial charge in [-0.25, -0.2) is 4.79 Å². The van der Waals surface area contributed by atoms with Crippen LogP contribution >= 0.6 is 0 Å². The Bertz CT molecular complexity index is 583. The second kappa shape index (κ2) is 8.34. The number of ether oxygens (including phenoxy) is 2. The summed E-state index contributed by atoms with van der Waals surface area (Å²) in [6, 6.07) is 9.60. The van der Waals surface area contributed by atoms with Crippen LogP contribution < -0.4 is 5.32 Å². The van der Waals surface area contributed by atoms with E-state index >= 15 is 0 Å². The third kappa shape index (κ3) is 5.74. The zero-order chi connectivity index (χ0) is 18.4. The van der Waals surface area contributed by atoms with E-state index in [0.717, 1.165) is 12.0 Å². The Labute approximate surface area is 149 Å². The van der Waals surface area contributed by atoms with Crippen LogP contribution in [-0.2, 0) is 20.8 Å². The van der Waals surface area contributed by atoms with Gasteiger partial charge < -0.3 is 14.8 Å². The van der Waals surface area contributed by atoms with Crippen molar-refractivity contribution in [1.82, 2.24) is 10.2 Å². The lowest BCUT2D eigenvalue weighted by atomic mass is 10.1. The maximum absolute atomic E-state index is 12.4. The molecule has 1 aromatic carbocycles. The number of rotatable bonds is 4. The van der Waals surface area contributed by atoms with E-state index in [1.54, 1.807) is 4.90 Å². The van der Waals surface area contributed by atoms with Crippen LogP contribution in [0.4, 0.5) is 4.79 Å². The van der Waals surface area contributed by atoms with Crippen molar-refractivity contribution < 1.29 is 19.1 Å². The number of carbonyl (C=O) groups excluding carboxylic acids is 2. The zero-order valence-corrected chi connectivity index (χ0v) is 15.5. The van der Waals surface area contributed by atoms with Crippen molar-refractivity contribution in [3.63, 3.8) is 0 Å². The topological polar surface area (TPSA) is 67.9 Å². The fourth-order valence-corrected chi connectivity index (χ4v) is 2.64. The Morgan fingerprint density at radius 3 is 2.56 bits per heavy atom. The number of nitrogens with one attached hydrogen (secondary N) is 1. The standard InChI is InChI=1S/C19H28N2O4/c1-5-15-13-24-16(12-21(15)18(23)25-19(2,3)4)17(22)20-11-14-9-7-6-8-10-14/h6-10,15-16H,5,11-13H2,1-4H3,(H,20,22). The van der Waals surface area contributed by atoms with E-state index in [1.165, 1.54) is 0 Å². The molecular formula is C19H28N2O4. The van der Waals surface area contributed by atoms with Crippen LogP contribution in [0.15, 0.2) is 30.3 Å². The summed E-state index contributed by atoms with van der Waals surface area (Å²) in [5, 5.41) is 2.87. The highest BCUT2D eigenvalue weighted by Crippen LogP contribution is 2.19. The third-order valence-corrected chi connectivity index (χ3v) is 3.99. The molecule has 0 aromatic heterocycles. The summed E-state index contributed by atoms with van der Waals surface area (Å²) >= 11 is 0. The van der Waals surface area contributed by atoms with Crippen molar-refractivity contribution in [1.29, 1.82) is 0 Å². The van der Waals surface area contributed by atoms with Gasteiger partial charge in [0, 0.05) is 6.54 Å². The molecule has 1 N–H and O–H groups in total. The fourth-order valence-electron chi connectivity index (χ4n) is 2.64. The van der Waals surface area contributed by atoms with Gasteiger partial charge in [0.15, 0.2) is 6.10 Å². The Morgan fingerprint density at radius 2 is 1.96 bits per heavy atom. The first kappa shape index (κ1) is 19.2. The van der Waals surface area contributed by atoms with Gasteiger partial charge in [-0.1, -0.05) is 37.3 Å². The predicted octanol–water partition coefficient (Wildman–Crippen LogP) is 2.72. The van der Waals surface area contributed by atoms with E-state index in [2.05, 4.69) is 5.32 Å². The van der Waals surface area contributed by atoms with E-state index in [1.807, 2.05) is 58.0 Å². The van der Waals surface area contributed by atoms with Gasteiger partial charge in [-0.05, 0) is 32.8 Å². The maximum atomic E-state index is 12.4. The molecule has 25 heavy (non-hydrogen) atoms. The first-order valence-corrected chi connectivity index (χ1v) is 8.73. The average molecular weight is 348 g/mol. The summed E-state index contributed by atoms with van der Waals surface area (Å²) in [7, 11) is 0. The van der Waals surface area contributed by atoms with Crippen LogP contribution in [0.2, 0.25) is 0 Å². The van der Waals surface area contributed by atoms with E-state index in [0.29, 0.717) is 13.2 Å². The molecular weight excluding hydrogens is 320 g/mol. The van der Waals surface area contributed by atoms with Gasteiger partial charge in [0.1, 0.15) is 5.60 Å². The van der Waals surface area contributed by atoms with Crippen LogP contribution in [0.1, 0.15) is 39.7 Å². The molecule has 6 nitrogen and oxygen atoms in total. The van der Waals surface area contributed by atoms with Crippen molar-refractivity contribution in [3.05, 3.63) is 35.9 Å². The van der Waals surface area contributed by atoms with Crippen molar-refractivity contribution >= 4 is 12.0 Å². The number of benzene rings is 1. The quantitative estimate of drug-likeness (QED) is 0.908. The van der Waals surface area contributed by atoms with Gasteiger partial charge in [-0.15, -0.1) is 0 Å². The Hall–Kier alpha value is -2.08. The highest BCUT2D eigenvalue weighted by atomic mass is 16.6. The van der Waals surface area contributed by atoms with E-state index in [4.69, 9.17) is 9.47 Å². The summed E-state index contributed by atoms with van der Waals surface area (Å²) in [4.78, 5) is 26.5. The number of hydrogen-bond acceptors (Lipinski definition) is 4. The molecule has 2 unspecified atom stereocenters. The molecule has 1 saturated heterocycles. The number of amides is 2. The number of hydrogen-bond donors (Lipinski definition) is 1. The molecule has 2 amide bonds. The summed E-state index contributed by atoms with van der Waals surface area (Å²) < 4.78 is 11.1. The van der Waals surface area contributed by atoms with Gasteiger partial charge in [0.25, 0.3) is 5.91 Å². The minimum absolute atomic E-state index is 0.0759. The van der Waals surface area contributed by atoms with Crippen LogP contribution in [0.5, 0.6) is 0 Å². The van der Waals surface area contributed by atoms with Gasteiger partial charge in [0.05, 0.1) is 19.2 Å². The van der Waals surface area contributed by atoms with E-state index in [9.17, 15) is 9.59 Å². The highest BCUT2D eigenvalue weighted by molar-refractivity contribution is 5.82. The number of carbonyl (C=O) groups is 2. The normalized spacial score (nSPS) is 20.9. The summed E-state index contributed by atoms with van der Waals surface area (Å²) in [6.07, 6.45) is -0.333. The molecule has 1 aromatic rings. The minimum Gasteiger partial charge on any atom is -0.444 e. The lowest BCUT2D eigenvalue weighted by molar-refractivity contribution is -0.141. The summed E-state index contributed by atoms with van der Waals surface area (Å²) in [5.74, 6) is -0.216. The van der Waals surface area contributed by atoms with E-state index < -0.39 is 17.8 Å². The van der Waals surface area contributed by atoms with Gasteiger partial charge in [-0.2, -0.15) is 0 Å². The van der Waals surface area contributed by atoms with Crippen LogP contribution in [0.3, 0.4) is 0 Å². The molecule has 0 saturated carbocycles. The van der Waals surface area contributed by atoms with Gasteiger partial charge >= 0.3 is 6.09 Å². The molecule has 2 rings (SSSR count). The zero-order valence-electron chi connectivity index (χ0n) is 15.5. The second-order valence-electron chi connectivity index (χ2n) is 7.22. The fraction of sp³-hybridized carbons (Fsp3) is 0.579. The van der Waals surface area contributed by atoms with Crippen molar-refractivity contribution in [3.8, 4) is 0 Å². The van der Waals surface area contributed by atoms with E-state index in [-0.39, 0.29) is 18.5 Å². The molecule has 6 heteroatoms. The Kier molecular flexibility index (Phi) is 6.42. The molecule has 0 aliphatic carbocycles. The largest absolute Gasteiger partial charge is 0.444 e. The van der Waals surface area contributed by atoms with Crippen LogP contribution in [0.25, 0.3) is 0 Å². The monoisotopic (exact) mass is 348 g/mol. The van der Waals surface area contributed by atoms with Crippen molar-refractivity contribution in [2.24, 2.45) is 0 Å². The molecule has 1 fully saturated rings. The first-order valence-electron chi connectivity index (χ1n) is 8.73. The predicted molar refractivity (Wildman–Crippen MR) is 95.0 cm³/mol. The van der Waals surface area contributed by atoms with Crippen LogP contribution in [0, 0.1) is 0 Å². The smallest absolute Gasteiger partial charge is 0.410 e. The molecule has 1 aliphatic heterocycles. The van der Waals surface area contributed by atoms with Crippen molar-refractivity contribution in [2.75, 3.05) is 13.2 Å². The molecule has 1 aliphatic rings. The van der Waals surface area contributed by atoms with Gasteiger partial charge in [-0.3, -0.25) is 9.69 Å². The third-order valence-electron chi connectivity index (χ3n) is 3.99. The van der Waals surface area contributed by atoms with Crippen molar-refractivity contribution in [2.45, 2.75) is 58.4 Å². The average Bonchev–Trinajstić information content (AvgIpc) is 2.58. The minimum atomic E-state index is -0.681. The summed E-state index contributed by atoms with van der Waals surface area (Å²) in [5.41, 5.74) is 0.445. The molecule has 0 radical (unpaired) electrons. The number of morpholine rings is 1. The maximum Gasteiger partial charge on any atom is 0.410 e. The summed E-state index contributed by atoms with van der Waals surface area (Å²) in [6.45, 7) is 8.45. The molecule has 0 spiro atoms.